The van der Waals surface area contributed by atoms with E-state index in [0.717, 1.165) is 30.0 Å². The number of thiazole rings is 1. The van der Waals surface area contributed by atoms with Crippen LogP contribution in [0.25, 0.3) is 0 Å². The average Bonchev–Trinajstić information content (AvgIpc) is 2.74. The summed E-state index contributed by atoms with van der Waals surface area (Å²) >= 11 is 1.63. The van der Waals surface area contributed by atoms with E-state index in [2.05, 4.69) is 15.7 Å². The maximum absolute atomic E-state index is 5.60. The molecule has 0 saturated heterocycles. The second kappa shape index (κ2) is 4.79. The third kappa shape index (κ3) is 2.95. The molecule has 2 rings (SSSR count). The van der Waals surface area contributed by atoms with Gasteiger partial charge in [-0.3, -0.25) is 0 Å². The van der Waals surface area contributed by atoms with Crippen molar-refractivity contribution >= 4 is 22.7 Å². The van der Waals surface area contributed by atoms with Crippen LogP contribution >= 0.6 is 11.3 Å². The predicted molar refractivity (Wildman–Crippen MR) is 65.2 cm³/mol. The first-order valence-corrected chi connectivity index (χ1v) is 5.75. The molecule has 3 N–H and O–H groups in total. The maximum atomic E-state index is 5.60. The number of anilines is 2. The summed E-state index contributed by atoms with van der Waals surface area (Å²) < 4.78 is 0. The number of nitrogen functional groups attached to an aromatic ring is 1. The van der Waals surface area contributed by atoms with Crippen LogP contribution in [0.5, 0.6) is 0 Å². The molecule has 78 valence electrons. The number of rotatable bonds is 4. The maximum Gasteiger partial charge on any atom is 0.0794 e. The Kier molecular flexibility index (Phi) is 3.19. The SMILES string of the molecule is Nc1ccc(NCCc2cscn2)cc1. The summed E-state index contributed by atoms with van der Waals surface area (Å²) in [5.74, 6) is 0. The highest BCUT2D eigenvalue weighted by molar-refractivity contribution is 7.07. The summed E-state index contributed by atoms with van der Waals surface area (Å²) in [7, 11) is 0. The van der Waals surface area contributed by atoms with Gasteiger partial charge >= 0.3 is 0 Å². The van der Waals surface area contributed by atoms with Gasteiger partial charge in [0.2, 0.25) is 0 Å². The molecule has 0 radical (unpaired) electrons. The second-order valence-corrected chi connectivity index (χ2v) is 4.00. The number of aromatic nitrogens is 1. The first-order valence-electron chi connectivity index (χ1n) is 4.81. The van der Waals surface area contributed by atoms with Crippen molar-refractivity contribution in [3.05, 3.63) is 40.8 Å². The Morgan fingerprint density at radius 2 is 2.07 bits per heavy atom. The zero-order valence-corrected chi connectivity index (χ0v) is 9.13. The number of hydrogen-bond acceptors (Lipinski definition) is 4. The fourth-order valence-corrected chi connectivity index (χ4v) is 1.89. The van der Waals surface area contributed by atoms with Gasteiger partial charge in [-0.05, 0) is 24.3 Å². The molecule has 1 aromatic heterocycles. The van der Waals surface area contributed by atoms with Gasteiger partial charge in [0.05, 0.1) is 11.2 Å². The van der Waals surface area contributed by atoms with Gasteiger partial charge in [0.1, 0.15) is 0 Å². The minimum Gasteiger partial charge on any atom is -0.399 e. The molecule has 0 aliphatic carbocycles. The van der Waals surface area contributed by atoms with E-state index in [1.807, 2.05) is 29.8 Å². The topological polar surface area (TPSA) is 50.9 Å². The van der Waals surface area contributed by atoms with Crippen LogP contribution in [0.2, 0.25) is 0 Å². The molecular formula is C11H13N3S. The molecular weight excluding hydrogens is 206 g/mol. The first-order chi connectivity index (χ1) is 7.34. The van der Waals surface area contributed by atoms with Crippen molar-refractivity contribution in [2.24, 2.45) is 0 Å². The zero-order valence-electron chi connectivity index (χ0n) is 8.31. The molecule has 0 unspecified atom stereocenters. The fraction of sp³-hybridized carbons (Fsp3) is 0.182. The zero-order chi connectivity index (χ0) is 10.5. The van der Waals surface area contributed by atoms with Crippen molar-refractivity contribution < 1.29 is 0 Å². The monoisotopic (exact) mass is 219 g/mol. The van der Waals surface area contributed by atoms with Crippen LogP contribution < -0.4 is 11.1 Å². The van der Waals surface area contributed by atoms with E-state index in [1.54, 1.807) is 11.3 Å². The van der Waals surface area contributed by atoms with Crippen LogP contribution in [0, 0.1) is 0 Å². The summed E-state index contributed by atoms with van der Waals surface area (Å²) in [4.78, 5) is 4.22. The van der Waals surface area contributed by atoms with Crippen LogP contribution in [0.3, 0.4) is 0 Å². The lowest BCUT2D eigenvalue weighted by atomic mass is 10.2. The van der Waals surface area contributed by atoms with Crippen molar-refractivity contribution in [3.63, 3.8) is 0 Å². The van der Waals surface area contributed by atoms with Crippen LogP contribution in [0.15, 0.2) is 35.2 Å². The second-order valence-electron chi connectivity index (χ2n) is 3.28. The minimum atomic E-state index is 0.792. The Labute approximate surface area is 93.0 Å². The molecule has 0 saturated carbocycles. The molecule has 0 bridgehead atoms. The van der Waals surface area contributed by atoms with Gasteiger partial charge in [-0.1, -0.05) is 0 Å². The van der Waals surface area contributed by atoms with E-state index in [-0.39, 0.29) is 0 Å². The third-order valence-corrected chi connectivity index (χ3v) is 2.74. The normalized spacial score (nSPS) is 10.1. The lowest BCUT2D eigenvalue weighted by molar-refractivity contribution is 0.977. The molecule has 0 aliphatic rings. The van der Waals surface area contributed by atoms with Gasteiger partial charge in [-0.25, -0.2) is 4.98 Å². The minimum absolute atomic E-state index is 0.792. The smallest absolute Gasteiger partial charge is 0.0794 e. The summed E-state index contributed by atoms with van der Waals surface area (Å²) in [5, 5.41) is 5.39. The summed E-state index contributed by atoms with van der Waals surface area (Å²) in [6, 6.07) is 7.75. The summed E-state index contributed by atoms with van der Waals surface area (Å²) in [5.41, 5.74) is 10.5. The Hall–Kier alpha value is -1.55. The lowest BCUT2D eigenvalue weighted by Gasteiger charge is -2.04. The Morgan fingerprint density at radius 1 is 1.27 bits per heavy atom. The largest absolute Gasteiger partial charge is 0.399 e. The van der Waals surface area contributed by atoms with Crippen LogP contribution in [0.1, 0.15) is 5.69 Å². The highest BCUT2D eigenvalue weighted by Crippen LogP contribution is 2.10. The van der Waals surface area contributed by atoms with Crippen molar-refractivity contribution in [3.8, 4) is 0 Å². The van der Waals surface area contributed by atoms with Crippen molar-refractivity contribution in [1.29, 1.82) is 0 Å². The van der Waals surface area contributed by atoms with Crippen molar-refractivity contribution in [2.75, 3.05) is 17.6 Å². The van der Waals surface area contributed by atoms with Gasteiger partial charge in [0.25, 0.3) is 0 Å². The molecule has 0 spiro atoms. The number of nitrogens with one attached hydrogen (secondary N) is 1. The molecule has 0 atom stereocenters. The van der Waals surface area contributed by atoms with E-state index in [0.29, 0.717) is 0 Å². The molecule has 0 fully saturated rings. The van der Waals surface area contributed by atoms with Crippen LogP contribution in [-0.2, 0) is 6.42 Å². The highest BCUT2D eigenvalue weighted by atomic mass is 32.1. The highest BCUT2D eigenvalue weighted by Gasteiger charge is 1.95. The van der Waals surface area contributed by atoms with Crippen molar-refractivity contribution in [2.45, 2.75) is 6.42 Å². The summed E-state index contributed by atoms with van der Waals surface area (Å²) in [6.45, 7) is 0.896. The molecule has 3 nitrogen and oxygen atoms in total. The fourth-order valence-electron chi connectivity index (χ4n) is 1.30. The van der Waals surface area contributed by atoms with E-state index < -0.39 is 0 Å². The lowest BCUT2D eigenvalue weighted by Crippen LogP contribution is -2.04. The molecule has 1 aromatic carbocycles. The number of nitrogens with zero attached hydrogens (tertiary/aromatic N) is 1. The number of benzene rings is 1. The summed E-state index contributed by atoms with van der Waals surface area (Å²) in [6.07, 6.45) is 0.952. The molecule has 4 heteroatoms. The number of hydrogen-bond donors (Lipinski definition) is 2. The third-order valence-electron chi connectivity index (χ3n) is 2.10. The van der Waals surface area contributed by atoms with Gasteiger partial charge in [0.15, 0.2) is 0 Å². The predicted octanol–water partition coefficient (Wildman–Crippen LogP) is 2.38. The average molecular weight is 219 g/mol. The quantitative estimate of drug-likeness (QED) is 0.776. The van der Waals surface area contributed by atoms with E-state index in [1.165, 1.54) is 0 Å². The number of nitrogens with two attached hydrogens (primary N) is 1. The van der Waals surface area contributed by atoms with Gasteiger partial charge in [-0.2, -0.15) is 0 Å². The Bertz CT molecular complexity index is 394. The van der Waals surface area contributed by atoms with Gasteiger partial charge < -0.3 is 11.1 Å². The Balaban J connectivity index is 1.81. The van der Waals surface area contributed by atoms with E-state index in [9.17, 15) is 0 Å². The molecule has 0 amide bonds. The Morgan fingerprint density at radius 3 is 2.73 bits per heavy atom. The standard InChI is InChI=1S/C11H13N3S/c12-9-1-3-10(4-2-9)13-6-5-11-7-15-8-14-11/h1-4,7-8,13H,5-6,12H2. The molecule has 15 heavy (non-hydrogen) atoms. The molecule has 2 aromatic rings. The van der Waals surface area contributed by atoms with Crippen LogP contribution in [0.4, 0.5) is 11.4 Å². The first kappa shape index (κ1) is 9.98. The van der Waals surface area contributed by atoms with Crippen LogP contribution in [-0.4, -0.2) is 11.5 Å². The van der Waals surface area contributed by atoms with E-state index in [4.69, 9.17) is 5.73 Å². The van der Waals surface area contributed by atoms with Gasteiger partial charge in [0, 0.05) is 29.7 Å². The van der Waals surface area contributed by atoms with Gasteiger partial charge in [-0.15, -0.1) is 11.3 Å². The molecule has 1 heterocycles. The van der Waals surface area contributed by atoms with E-state index >= 15 is 0 Å². The van der Waals surface area contributed by atoms with Crippen molar-refractivity contribution in [1.82, 2.24) is 4.98 Å². The molecule has 0 aliphatic heterocycles.